The molecule has 3 aliphatic rings. The van der Waals surface area contributed by atoms with Crippen molar-refractivity contribution in [2.45, 2.75) is 24.4 Å². The molecule has 2 bridgehead atoms. The summed E-state index contributed by atoms with van der Waals surface area (Å²) < 4.78 is 11.4. The summed E-state index contributed by atoms with van der Waals surface area (Å²) in [6.45, 7) is -0.520. The van der Waals surface area contributed by atoms with Gasteiger partial charge in [0.2, 0.25) is 5.16 Å². The van der Waals surface area contributed by atoms with E-state index in [4.69, 9.17) is 5.11 Å². The Morgan fingerprint density at radius 3 is 1.59 bits per heavy atom. The highest BCUT2D eigenvalue weighted by Crippen LogP contribution is 2.62. The Hall–Kier alpha value is -0.880. The molecular weight excluding hydrogens is 251 g/mol. The largest absolute Gasteiger partial charge is 0.396 e. The number of Topliss-reactive ketones (excluding diaryl/α,β-unsaturated/α-hetero) is 3. The van der Waals surface area contributed by atoms with Crippen LogP contribution in [-0.2, 0) is 18.9 Å². The van der Waals surface area contributed by atoms with Crippen LogP contribution < -0.4 is 0 Å². The van der Waals surface area contributed by atoms with E-state index in [1.165, 1.54) is 0 Å². The van der Waals surface area contributed by atoms with Crippen LogP contribution in [0.4, 0.5) is 0 Å². The van der Waals surface area contributed by atoms with Crippen LogP contribution in [0.2, 0.25) is 0 Å². The lowest BCUT2D eigenvalue weighted by molar-refractivity contribution is -0.154. The van der Waals surface area contributed by atoms with E-state index in [1.54, 1.807) is 0 Å². The van der Waals surface area contributed by atoms with Crippen LogP contribution in [0.25, 0.3) is 0 Å². The summed E-state index contributed by atoms with van der Waals surface area (Å²) in [7, 11) is -5.17. The fourth-order valence-electron chi connectivity index (χ4n) is 2.71. The van der Waals surface area contributed by atoms with Crippen LogP contribution in [0.3, 0.4) is 0 Å². The van der Waals surface area contributed by atoms with Crippen LogP contribution in [-0.4, -0.2) is 44.0 Å². The fourth-order valence-corrected chi connectivity index (χ4v) is 3.93. The first-order valence-electron chi connectivity index (χ1n) is 4.96. The highest BCUT2D eigenvalue weighted by atomic mass is 31.2. The van der Waals surface area contributed by atoms with Crippen LogP contribution in [0.5, 0.6) is 0 Å². The molecule has 0 spiro atoms. The van der Waals surface area contributed by atoms with Gasteiger partial charge in [0.1, 0.15) is 0 Å². The number of rotatable bonds is 2. The molecule has 0 atom stereocenters. The van der Waals surface area contributed by atoms with Crippen molar-refractivity contribution in [3.8, 4) is 0 Å². The van der Waals surface area contributed by atoms with Gasteiger partial charge in [-0.05, 0) is 0 Å². The number of ketones is 3. The predicted octanol–water partition coefficient (Wildman–Crippen LogP) is -1.21. The standard InChI is InChI=1S/C9H11O7P/c10-4-8-1-5(11)9(6(12)2-8,7(13)3-8)17(14,15)16/h10H,1-4H2,(H2,14,15,16). The van der Waals surface area contributed by atoms with Crippen molar-refractivity contribution >= 4 is 24.9 Å². The first-order valence-corrected chi connectivity index (χ1v) is 6.57. The maximum atomic E-state index is 11.8. The highest BCUT2D eigenvalue weighted by molar-refractivity contribution is 7.57. The molecule has 7 nitrogen and oxygen atoms in total. The Bertz CT molecular complexity index is 425. The van der Waals surface area contributed by atoms with Crippen molar-refractivity contribution in [2.75, 3.05) is 6.61 Å². The number of hydrogen-bond acceptors (Lipinski definition) is 5. The normalized spacial score (nSPS) is 37.7. The molecule has 94 valence electrons. The van der Waals surface area contributed by atoms with Gasteiger partial charge in [0.15, 0.2) is 17.3 Å². The fraction of sp³-hybridized carbons (Fsp3) is 0.667. The molecule has 0 aromatic rings. The van der Waals surface area contributed by atoms with E-state index in [9.17, 15) is 28.7 Å². The molecule has 3 aliphatic carbocycles. The van der Waals surface area contributed by atoms with E-state index in [2.05, 4.69) is 0 Å². The minimum atomic E-state index is -5.17. The van der Waals surface area contributed by atoms with Gasteiger partial charge >= 0.3 is 7.60 Å². The molecule has 8 heteroatoms. The van der Waals surface area contributed by atoms with Gasteiger partial charge in [-0.1, -0.05) is 0 Å². The smallest absolute Gasteiger partial charge is 0.354 e. The predicted molar refractivity (Wildman–Crippen MR) is 53.2 cm³/mol. The third kappa shape index (κ3) is 1.34. The molecular formula is C9H11O7P. The molecule has 0 unspecified atom stereocenters. The summed E-state index contributed by atoms with van der Waals surface area (Å²) in [4.78, 5) is 53.6. The molecule has 0 radical (unpaired) electrons. The molecule has 0 aromatic heterocycles. The minimum Gasteiger partial charge on any atom is -0.396 e. The first-order chi connectivity index (χ1) is 7.69. The zero-order valence-electron chi connectivity index (χ0n) is 8.75. The minimum absolute atomic E-state index is 0.341. The van der Waals surface area contributed by atoms with E-state index < -0.39 is 42.1 Å². The molecule has 3 N–H and O–H groups in total. The molecule has 3 saturated carbocycles. The summed E-state index contributed by atoms with van der Waals surface area (Å²) in [6.07, 6.45) is -1.02. The maximum Gasteiger partial charge on any atom is 0.354 e. The van der Waals surface area contributed by atoms with Gasteiger partial charge in [0.05, 0.1) is 0 Å². The number of carbonyl (C=O) groups is 3. The van der Waals surface area contributed by atoms with Gasteiger partial charge in [0.25, 0.3) is 0 Å². The average molecular weight is 262 g/mol. The summed E-state index contributed by atoms with van der Waals surface area (Å²) in [5, 5.41) is 6.37. The second-order valence-electron chi connectivity index (χ2n) is 4.71. The summed E-state index contributed by atoms with van der Waals surface area (Å²) >= 11 is 0. The molecule has 0 aliphatic heterocycles. The number of carbonyl (C=O) groups excluding carboxylic acids is 3. The lowest BCUT2D eigenvalue weighted by atomic mass is 9.58. The van der Waals surface area contributed by atoms with E-state index in [0.29, 0.717) is 0 Å². The monoisotopic (exact) mass is 262 g/mol. The first kappa shape index (κ1) is 12.6. The SMILES string of the molecule is O=C1CC2(CO)CC(=O)C1(P(=O)(O)O)C(=O)C2. The lowest BCUT2D eigenvalue weighted by Gasteiger charge is -2.48. The van der Waals surface area contributed by atoms with Crippen LogP contribution in [0, 0.1) is 5.41 Å². The Balaban J connectivity index is 2.63. The lowest BCUT2D eigenvalue weighted by Crippen LogP contribution is -2.65. The Labute approximate surface area is 96.0 Å². The number of aliphatic hydroxyl groups excluding tert-OH is 1. The third-order valence-corrected chi connectivity index (χ3v) is 5.21. The summed E-state index contributed by atoms with van der Waals surface area (Å²) in [5.74, 6) is -3.19. The average Bonchev–Trinajstić information content (AvgIpc) is 2.13. The molecule has 3 fully saturated rings. The van der Waals surface area contributed by atoms with Gasteiger partial charge in [-0.2, -0.15) is 0 Å². The van der Waals surface area contributed by atoms with Gasteiger partial charge in [-0.25, -0.2) is 0 Å². The Morgan fingerprint density at radius 2 is 1.35 bits per heavy atom. The number of fused-ring (bicyclic) bond motifs is 3. The quantitative estimate of drug-likeness (QED) is 0.420. The van der Waals surface area contributed by atoms with E-state index >= 15 is 0 Å². The summed E-state index contributed by atoms with van der Waals surface area (Å²) in [6, 6.07) is 0. The maximum absolute atomic E-state index is 11.8. The van der Waals surface area contributed by atoms with Crippen molar-refractivity contribution in [1.29, 1.82) is 0 Å². The Kier molecular flexibility index (Phi) is 2.46. The van der Waals surface area contributed by atoms with Gasteiger partial charge in [0, 0.05) is 31.3 Å². The zero-order chi connectivity index (χ0) is 13.1. The molecule has 0 amide bonds. The highest BCUT2D eigenvalue weighted by Gasteiger charge is 2.72. The number of hydrogen-bond donors (Lipinski definition) is 3. The van der Waals surface area contributed by atoms with Crippen molar-refractivity contribution in [3.05, 3.63) is 0 Å². The zero-order valence-corrected chi connectivity index (χ0v) is 9.64. The topological polar surface area (TPSA) is 129 Å². The van der Waals surface area contributed by atoms with Gasteiger partial charge in [-0.3, -0.25) is 18.9 Å². The molecule has 17 heavy (non-hydrogen) atoms. The van der Waals surface area contributed by atoms with E-state index in [1.807, 2.05) is 0 Å². The van der Waals surface area contributed by atoms with Crippen LogP contribution >= 0.6 is 7.60 Å². The van der Waals surface area contributed by atoms with Crippen LogP contribution in [0.1, 0.15) is 19.3 Å². The van der Waals surface area contributed by atoms with E-state index in [-0.39, 0.29) is 19.3 Å². The second-order valence-corrected chi connectivity index (χ2v) is 6.47. The molecule has 0 saturated heterocycles. The Morgan fingerprint density at radius 1 is 1.00 bits per heavy atom. The second kappa shape index (κ2) is 3.32. The van der Waals surface area contributed by atoms with E-state index in [0.717, 1.165) is 0 Å². The summed E-state index contributed by atoms with van der Waals surface area (Å²) in [5.41, 5.74) is -1.15. The molecule has 0 aromatic carbocycles. The molecule has 3 rings (SSSR count). The third-order valence-electron chi connectivity index (χ3n) is 3.59. The van der Waals surface area contributed by atoms with Crippen LogP contribution in [0.15, 0.2) is 0 Å². The number of aliphatic hydroxyl groups is 1. The molecule has 0 heterocycles. The van der Waals surface area contributed by atoms with Crippen molar-refractivity contribution in [1.82, 2.24) is 0 Å². The van der Waals surface area contributed by atoms with Gasteiger partial charge < -0.3 is 14.9 Å². The van der Waals surface area contributed by atoms with Crippen molar-refractivity contribution in [2.24, 2.45) is 5.41 Å². The van der Waals surface area contributed by atoms with Gasteiger partial charge in [-0.15, -0.1) is 0 Å². The van der Waals surface area contributed by atoms with Crippen molar-refractivity contribution < 1.29 is 33.8 Å². The van der Waals surface area contributed by atoms with Crippen molar-refractivity contribution in [3.63, 3.8) is 0 Å².